The van der Waals surface area contributed by atoms with Gasteiger partial charge in [-0.1, -0.05) is 13.8 Å². The van der Waals surface area contributed by atoms with Crippen LogP contribution in [0.1, 0.15) is 31.4 Å². The van der Waals surface area contributed by atoms with Gasteiger partial charge in [-0.15, -0.1) is 0 Å². The van der Waals surface area contributed by atoms with Crippen LogP contribution in [0.25, 0.3) is 0 Å². The molecule has 1 rings (SSSR count). The molecule has 0 radical (unpaired) electrons. The van der Waals surface area contributed by atoms with Crippen molar-refractivity contribution in [1.29, 1.82) is 0 Å². The van der Waals surface area contributed by atoms with Gasteiger partial charge >= 0.3 is 0 Å². The van der Waals surface area contributed by atoms with Gasteiger partial charge in [-0.3, -0.25) is 0 Å². The molecule has 0 fully saturated rings. The van der Waals surface area contributed by atoms with E-state index in [2.05, 4.69) is 19.2 Å². The van der Waals surface area contributed by atoms with E-state index in [0.717, 1.165) is 13.0 Å². The van der Waals surface area contributed by atoms with E-state index in [1.807, 2.05) is 7.05 Å². The Labute approximate surface area is 102 Å². The Morgan fingerprint density at radius 1 is 1.18 bits per heavy atom. The van der Waals surface area contributed by atoms with Gasteiger partial charge in [0.25, 0.3) is 0 Å². The van der Waals surface area contributed by atoms with Crippen molar-refractivity contribution in [3.8, 4) is 0 Å². The Balaban J connectivity index is 2.73. The van der Waals surface area contributed by atoms with Gasteiger partial charge in [0.1, 0.15) is 11.6 Å². The number of benzene rings is 1. The van der Waals surface area contributed by atoms with E-state index < -0.39 is 0 Å². The highest BCUT2D eigenvalue weighted by molar-refractivity contribution is 5.25. The third kappa shape index (κ3) is 4.08. The van der Waals surface area contributed by atoms with Gasteiger partial charge in [0.05, 0.1) is 0 Å². The van der Waals surface area contributed by atoms with Crippen molar-refractivity contribution in [2.75, 3.05) is 13.6 Å². The lowest BCUT2D eigenvalue weighted by Gasteiger charge is -2.24. The molecule has 0 amide bonds. The van der Waals surface area contributed by atoms with Crippen LogP contribution < -0.4 is 5.32 Å². The number of hydrogen-bond acceptors (Lipinski definition) is 1. The first-order valence-electron chi connectivity index (χ1n) is 5.95. The quantitative estimate of drug-likeness (QED) is 0.832. The molecule has 3 heteroatoms. The molecule has 17 heavy (non-hydrogen) atoms. The molecular weight excluding hydrogens is 220 g/mol. The summed E-state index contributed by atoms with van der Waals surface area (Å²) in [5.74, 6) is -0.628. The fraction of sp³-hybridized carbons (Fsp3) is 0.571. The van der Waals surface area contributed by atoms with Crippen molar-refractivity contribution >= 4 is 0 Å². The zero-order valence-corrected chi connectivity index (χ0v) is 11.0. The number of hydrogen-bond donors (Lipinski definition) is 1. The summed E-state index contributed by atoms with van der Waals surface area (Å²) in [4.78, 5) is 0. The van der Waals surface area contributed by atoms with Crippen LogP contribution in [0.5, 0.6) is 0 Å². The number of halogens is 2. The zero-order valence-electron chi connectivity index (χ0n) is 11.0. The van der Waals surface area contributed by atoms with Crippen molar-refractivity contribution in [1.82, 2.24) is 5.32 Å². The van der Waals surface area contributed by atoms with Gasteiger partial charge in [-0.2, -0.15) is 0 Å². The van der Waals surface area contributed by atoms with Crippen LogP contribution in [0.4, 0.5) is 8.78 Å². The molecule has 0 aliphatic carbocycles. The highest BCUT2D eigenvalue weighted by Gasteiger charge is 2.18. The first kappa shape index (κ1) is 14.1. The Hall–Kier alpha value is -0.960. The Morgan fingerprint density at radius 3 is 2.41 bits per heavy atom. The van der Waals surface area contributed by atoms with Gasteiger partial charge in [0.15, 0.2) is 0 Å². The minimum absolute atomic E-state index is 0.0859. The second-order valence-corrected chi connectivity index (χ2v) is 5.39. The lowest BCUT2D eigenvalue weighted by molar-refractivity contribution is 0.322. The van der Waals surface area contributed by atoms with Crippen molar-refractivity contribution in [2.24, 2.45) is 5.41 Å². The van der Waals surface area contributed by atoms with Crippen molar-refractivity contribution < 1.29 is 8.78 Å². The molecule has 0 saturated carbocycles. The van der Waals surface area contributed by atoms with Crippen LogP contribution in [0.3, 0.4) is 0 Å². The first-order chi connectivity index (χ1) is 7.85. The summed E-state index contributed by atoms with van der Waals surface area (Å²) in [5.41, 5.74) is 0.917. The van der Waals surface area contributed by atoms with Gasteiger partial charge in [0, 0.05) is 0 Å². The molecule has 1 aromatic carbocycles. The van der Waals surface area contributed by atoms with E-state index in [4.69, 9.17) is 0 Å². The molecule has 96 valence electrons. The highest BCUT2D eigenvalue weighted by Crippen LogP contribution is 2.24. The lowest BCUT2D eigenvalue weighted by Crippen LogP contribution is -2.27. The van der Waals surface area contributed by atoms with E-state index in [-0.39, 0.29) is 17.0 Å². The van der Waals surface area contributed by atoms with Crippen molar-refractivity contribution in [3.63, 3.8) is 0 Å². The topological polar surface area (TPSA) is 12.0 Å². The maximum absolute atomic E-state index is 13.6. The maximum Gasteiger partial charge on any atom is 0.126 e. The molecule has 0 aliphatic rings. The molecule has 0 bridgehead atoms. The molecule has 0 atom stereocenters. The largest absolute Gasteiger partial charge is 0.319 e. The summed E-state index contributed by atoms with van der Waals surface area (Å²) in [7, 11) is 1.90. The first-order valence-corrected chi connectivity index (χ1v) is 5.95. The third-order valence-electron chi connectivity index (χ3n) is 3.05. The fourth-order valence-electron chi connectivity index (χ4n) is 1.92. The molecule has 1 nitrogen and oxygen atoms in total. The minimum Gasteiger partial charge on any atom is -0.319 e. The Kier molecular flexibility index (Phi) is 4.63. The second kappa shape index (κ2) is 5.58. The van der Waals surface area contributed by atoms with E-state index in [0.29, 0.717) is 17.5 Å². The van der Waals surface area contributed by atoms with Crippen molar-refractivity contribution in [3.05, 3.63) is 34.9 Å². The molecule has 0 saturated heterocycles. The smallest absolute Gasteiger partial charge is 0.126 e. The fourth-order valence-corrected chi connectivity index (χ4v) is 1.92. The van der Waals surface area contributed by atoms with E-state index in [9.17, 15) is 8.78 Å². The van der Waals surface area contributed by atoms with Gasteiger partial charge in [-0.05, 0) is 62.0 Å². The molecule has 1 aromatic rings. The molecule has 0 aromatic heterocycles. The maximum atomic E-state index is 13.6. The van der Waals surface area contributed by atoms with E-state index in [1.165, 1.54) is 12.1 Å². The van der Waals surface area contributed by atoms with E-state index in [1.54, 1.807) is 6.92 Å². The zero-order chi connectivity index (χ0) is 13.1. The van der Waals surface area contributed by atoms with Crippen molar-refractivity contribution in [2.45, 2.75) is 33.6 Å². The van der Waals surface area contributed by atoms with E-state index >= 15 is 0 Å². The van der Waals surface area contributed by atoms with Gasteiger partial charge < -0.3 is 5.32 Å². The van der Waals surface area contributed by atoms with Crippen LogP contribution in [-0.2, 0) is 6.42 Å². The summed E-state index contributed by atoms with van der Waals surface area (Å²) in [6, 6.07) is 2.59. The molecule has 0 unspecified atom stereocenters. The molecular formula is C14H21F2N. The van der Waals surface area contributed by atoms with Gasteiger partial charge in [0.2, 0.25) is 0 Å². The predicted octanol–water partition coefficient (Wildman–Crippen LogP) is 3.45. The standard InChI is InChI=1S/C14H21F2N/c1-10-7-13(16)11(8-12(10)15)5-6-14(2,3)9-17-4/h7-8,17H,5-6,9H2,1-4H3. The predicted molar refractivity (Wildman–Crippen MR) is 67.1 cm³/mol. The highest BCUT2D eigenvalue weighted by atomic mass is 19.1. The summed E-state index contributed by atoms with van der Waals surface area (Å²) < 4.78 is 27.0. The third-order valence-corrected chi connectivity index (χ3v) is 3.05. The Morgan fingerprint density at radius 2 is 1.82 bits per heavy atom. The van der Waals surface area contributed by atoms with Crippen LogP contribution in [-0.4, -0.2) is 13.6 Å². The summed E-state index contributed by atoms with van der Waals surface area (Å²) in [6.45, 7) is 6.67. The van der Waals surface area contributed by atoms with Crippen LogP contribution in [0.2, 0.25) is 0 Å². The summed E-state index contributed by atoms with van der Waals surface area (Å²) in [6.07, 6.45) is 1.39. The van der Waals surface area contributed by atoms with Gasteiger partial charge in [-0.25, -0.2) is 8.78 Å². The molecule has 1 N–H and O–H groups in total. The van der Waals surface area contributed by atoms with Crippen LogP contribution in [0, 0.1) is 24.0 Å². The number of nitrogens with one attached hydrogen (secondary N) is 1. The van der Waals surface area contributed by atoms with Crippen LogP contribution >= 0.6 is 0 Å². The SMILES string of the molecule is CNCC(C)(C)CCc1cc(F)c(C)cc1F. The number of aryl methyl sites for hydroxylation is 2. The average molecular weight is 241 g/mol. The average Bonchev–Trinajstić information content (AvgIpc) is 2.21. The molecule has 0 aliphatic heterocycles. The minimum atomic E-state index is -0.326. The van der Waals surface area contributed by atoms with Crippen LogP contribution in [0.15, 0.2) is 12.1 Å². The second-order valence-electron chi connectivity index (χ2n) is 5.39. The summed E-state index contributed by atoms with van der Waals surface area (Å²) >= 11 is 0. The normalized spacial score (nSPS) is 11.9. The number of rotatable bonds is 5. The molecule has 0 heterocycles. The monoisotopic (exact) mass is 241 g/mol. The lowest BCUT2D eigenvalue weighted by atomic mass is 9.86. The Bertz CT molecular complexity index is 386. The summed E-state index contributed by atoms with van der Waals surface area (Å²) in [5, 5.41) is 3.11. The molecule has 0 spiro atoms.